The quantitative estimate of drug-likeness (QED) is 0.851. The van der Waals surface area contributed by atoms with Crippen molar-refractivity contribution in [3.63, 3.8) is 0 Å². The fourth-order valence-electron chi connectivity index (χ4n) is 1.47. The molecule has 2 N–H and O–H groups in total. The van der Waals surface area contributed by atoms with Crippen molar-refractivity contribution in [2.75, 3.05) is 19.0 Å². The van der Waals surface area contributed by atoms with Crippen LogP contribution in [0.2, 0.25) is 0 Å². The van der Waals surface area contributed by atoms with Crippen LogP contribution in [0.25, 0.3) is 0 Å². The Kier molecular flexibility index (Phi) is 5.51. The zero-order chi connectivity index (χ0) is 14.4. The molecule has 2 amide bonds. The first kappa shape index (κ1) is 15.2. The average Bonchev–Trinajstić information content (AvgIpc) is 2.38. The highest BCUT2D eigenvalue weighted by Crippen LogP contribution is 2.16. The number of carbonyl (C=O) groups is 2. The fraction of sp³-hybridized carbons (Fsp3) is 0.429. The summed E-state index contributed by atoms with van der Waals surface area (Å²) in [6, 6.07) is 5.17. The molecule has 0 unspecified atom stereocenters. The molecule has 0 saturated heterocycles. The van der Waals surface area contributed by atoms with Crippen molar-refractivity contribution in [1.82, 2.24) is 5.32 Å². The molecule has 1 aromatic rings. The SMILES string of the molecule is CNC(=O)c1ccc(C)c(NC(=O)COC(C)C)c1. The number of ether oxygens (including phenoxy) is 1. The number of hydrogen-bond acceptors (Lipinski definition) is 3. The standard InChI is InChI=1S/C14H20N2O3/c1-9(2)19-8-13(17)16-12-7-11(14(18)15-4)6-5-10(12)3/h5-7,9H,8H2,1-4H3,(H,15,18)(H,16,17). The molecular weight excluding hydrogens is 244 g/mol. The predicted molar refractivity (Wildman–Crippen MR) is 74.3 cm³/mol. The third-order valence-corrected chi connectivity index (χ3v) is 2.55. The third-order valence-electron chi connectivity index (χ3n) is 2.55. The molecule has 1 rings (SSSR count). The molecule has 104 valence electrons. The summed E-state index contributed by atoms with van der Waals surface area (Å²) in [5, 5.41) is 5.29. The summed E-state index contributed by atoms with van der Waals surface area (Å²) in [4.78, 5) is 23.2. The molecule has 0 bridgehead atoms. The van der Waals surface area contributed by atoms with Gasteiger partial charge in [0.15, 0.2) is 0 Å². The van der Waals surface area contributed by atoms with Gasteiger partial charge in [0, 0.05) is 18.3 Å². The Bertz CT molecular complexity index is 470. The minimum absolute atomic E-state index is 0.00130. The summed E-state index contributed by atoms with van der Waals surface area (Å²) < 4.78 is 5.22. The van der Waals surface area contributed by atoms with E-state index in [4.69, 9.17) is 4.74 Å². The Hall–Kier alpha value is -1.88. The highest BCUT2D eigenvalue weighted by Gasteiger charge is 2.09. The molecule has 0 saturated carbocycles. The number of anilines is 1. The van der Waals surface area contributed by atoms with Gasteiger partial charge in [0.2, 0.25) is 5.91 Å². The number of amides is 2. The number of benzene rings is 1. The molecule has 0 radical (unpaired) electrons. The van der Waals surface area contributed by atoms with Crippen molar-refractivity contribution in [2.24, 2.45) is 0 Å². The second-order valence-electron chi connectivity index (χ2n) is 4.52. The van der Waals surface area contributed by atoms with Crippen LogP contribution in [0.5, 0.6) is 0 Å². The van der Waals surface area contributed by atoms with Crippen molar-refractivity contribution in [1.29, 1.82) is 0 Å². The number of carbonyl (C=O) groups excluding carboxylic acids is 2. The second-order valence-corrected chi connectivity index (χ2v) is 4.52. The minimum Gasteiger partial charge on any atom is -0.369 e. The topological polar surface area (TPSA) is 67.4 Å². The molecule has 0 aliphatic carbocycles. The van der Waals surface area contributed by atoms with E-state index < -0.39 is 0 Å². The molecule has 0 aliphatic rings. The number of hydrogen-bond donors (Lipinski definition) is 2. The van der Waals surface area contributed by atoms with Gasteiger partial charge in [-0.1, -0.05) is 6.07 Å². The molecule has 19 heavy (non-hydrogen) atoms. The van der Waals surface area contributed by atoms with Crippen LogP contribution < -0.4 is 10.6 Å². The zero-order valence-corrected chi connectivity index (χ0v) is 11.7. The molecule has 0 aromatic heterocycles. The molecule has 5 heteroatoms. The normalized spacial score (nSPS) is 10.4. The molecule has 0 atom stereocenters. The van der Waals surface area contributed by atoms with Gasteiger partial charge >= 0.3 is 0 Å². The monoisotopic (exact) mass is 264 g/mol. The predicted octanol–water partition coefficient (Wildman–Crippen LogP) is 1.72. The molecular formula is C14H20N2O3. The van der Waals surface area contributed by atoms with Crippen LogP contribution in [0.1, 0.15) is 29.8 Å². The van der Waals surface area contributed by atoms with E-state index in [-0.39, 0.29) is 24.5 Å². The first-order valence-corrected chi connectivity index (χ1v) is 6.18. The summed E-state index contributed by atoms with van der Waals surface area (Å²) in [6.07, 6.45) is 0.00375. The Morgan fingerprint density at radius 1 is 1.32 bits per heavy atom. The van der Waals surface area contributed by atoms with E-state index in [0.29, 0.717) is 11.3 Å². The van der Waals surface area contributed by atoms with Gasteiger partial charge < -0.3 is 15.4 Å². The van der Waals surface area contributed by atoms with Crippen molar-refractivity contribution >= 4 is 17.5 Å². The molecule has 0 spiro atoms. The lowest BCUT2D eigenvalue weighted by atomic mass is 10.1. The number of nitrogens with one attached hydrogen (secondary N) is 2. The molecule has 1 aromatic carbocycles. The van der Waals surface area contributed by atoms with E-state index >= 15 is 0 Å². The van der Waals surface area contributed by atoms with Gasteiger partial charge in [-0.25, -0.2) is 0 Å². The Morgan fingerprint density at radius 3 is 2.58 bits per heavy atom. The average molecular weight is 264 g/mol. The van der Waals surface area contributed by atoms with E-state index in [1.54, 1.807) is 25.2 Å². The van der Waals surface area contributed by atoms with Gasteiger partial charge in [-0.2, -0.15) is 0 Å². The Labute approximate surface area is 113 Å². The van der Waals surface area contributed by atoms with E-state index in [2.05, 4.69) is 10.6 Å². The smallest absolute Gasteiger partial charge is 0.251 e. The third kappa shape index (κ3) is 4.71. The van der Waals surface area contributed by atoms with E-state index in [1.807, 2.05) is 20.8 Å². The van der Waals surface area contributed by atoms with Crippen LogP contribution in [0.4, 0.5) is 5.69 Å². The lowest BCUT2D eigenvalue weighted by Gasteiger charge is -2.11. The zero-order valence-electron chi connectivity index (χ0n) is 11.7. The van der Waals surface area contributed by atoms with Crippen LogP contribution in [0.15, 0.2) is 18.2 Å². The summed E-state index contributed by atoms with van der Waals surface area (Å²) in [7, 11) is 1.57. The maximum Gasteiger partial charge on any atom is 0.251 e. The molecule has 0 fully saturated rings. The lowest BCUT2D eigenvalue weighted by molar-refractivity contribution is -0.121. The van der Waals surface area contributed by atoms with Gasteiger partial charge in [-0.15, -0.1) is 0 Å². The largest absolute Gasteiger partial charge is 0.369 e. The summed E-state index contributed by atoms with van der Waals surface area (Å²) >= 11 is 0. The van der Waals surface area contributed by atoms with Gasteiger partial charge in [0.25, 0.3) is 5.91 Å². The molecule has 0 heterocycles. The van der Waals surface area contributed by atoms with Crippen LogP contribution in [-0.4, -0.2) is 31.6 Å². The summed E-state index contributed by atoms with van der Waals surface area (Å²) in [5.41, 5.74) is 2.03. The second kappa shape index (κ2) is 6.89. The van der Waals surface area contributed by atoms with Crippen molar-refractivity contribution in [3.05, 3.63) is 29.3 Å². The molecule has 5 nitrogen and oxygen atoms in total. The summed E-state index contributed by atoms with van der Waals surface area (Å²) in [6.45, 7) is 5.60. The Balaban J connectivity index is 2.77. The Morgan fingerprint density at radius 2 is 2.00 bits per heavy atom. The van der Waals surface area contributed by atoms with Crippen LogP contribution >= 0.6 is 0 Å². The maximum absolute atomic E-state index is 11.7. The number of aryl methyl sites for hydroxylation is 1. The van der Waals surface area contributed by atoms with Gasteiger partial charge in [0.05, 0.1) is 6.10 Å². The van der Waals surface area contributed by atoms with E-state index in [9.17, 15) is 9.59 Å². The first-order valence-electron chi connectivity index (χ1n) is 6.18. The number of rotatable bonds is 5. The van der Waals surface area contributed by atoms with Crippen molar-refractivity contribution in [3.8, 4) is 0 Å². The van der Waals surface area contributed by atoms with Gasteiger partial charge in [-0.05, 0) is 38.5 Å². The highest BCUT2D eigenvalue weighted by atomic mass is 16.5. The van der Waals surface area contributed by atoms with Crippen LogP contribution in [-0.2, 0) is 9.53 Å². The van der Waals surface area contributed by atoms with E-state index in [1.165, 1.54) is 0 Å². The van der Waals surface area contributed by atoms with Crippen LogP contribution in [0.3, 0.4) is 0 Å². The maximum atomic E-state index is 11.7. The minimum atomic E-state index is -0.231. The van der Waals surface area contributed by atoms with Gasteiger partial charge in [0.1, 0.15) is 6.61 Å². The fourth-order valence-corrected chi connectivity index (χ4v) is 1.47. The van der Waals surface area contributed by atoms with Crippen LogP contribution in [0, 0.1) is 6.92 Å². The van der Waals surface area contributed by atoms with Crippen molar-refractivity contribution < 1.29 is 14.3 Å². The van der Waals surface area contributed by atoms with Gasteiger partial charge in [-0.3, -0.25) is 9.59 Å². The van der Waals surface area contributed by atoms with Crippen molar-refractivity contribution in [2.45, 2.75) is 26.9 Å². The lowest BCUT2D eigenvalue weighted by Crippen LogP contribution is -2.22. The van der Waals surface area contributed by atoms with E-state index in [0.717, 1.165) is 5.56 Å². The first-order chi connectivity index (χ1) is 8.93. The summed E-state index contributed by atoms with van der Waals surface area (Å²) in [5.74, 6) is -0.417. The highest BCUT2D eigenvalue weighted by molar-refractivity contribution is 5.97. The molecule has 0 aliphatic heterocycles.